The molecule has 0 aromatic heterocycles. The van der Waals surface area contributed by atoms with E-state index in [2.05, 4.69) is 6.92 Å². The summed E-state index contributed by atoms with van der Waals surface area (Å²) in [6.45, 7) is 3.47. The molecule has 0 aliphatic rings. The SMILES string of the molecule is CCCCCC=C(CP(=O)(O)C(C)N)C(=O)O. The lowest BCUT2D eigenvalue weighted by Crippen LogP contribution is -2.19. The highest BCUT2D eigenvalue weighted by atomic mass is 31.2. The molecule has 4 N–H and O–H groups in total. The second-order valence-electron chi connectivity index (χ2n) is 4.18. The molecule has 5 nitrogen and oxygen atoms in total. The van der Waals surface area contributed by atoms with E-state index in [1.54, 1.807) is 0 Å². The maximum atomic E-state index is 11.6. The Hall–Kier alpha value is -0.640. The van der Waals surface area contributed by atoms with Crippen LogP contribution in [0.5, 0.6) is 0 Å². The molecule has 100 valence electrons. The fourth-order valence-corrected chi connectivity index (χ4v) is 2.32. The van der Waals surface area contributed by atoms with Gasteiger partial charge in [0.05, 0.1) is 11.9 Å². The van der Waals surface area contributed by atoms with Crippen LogP contribution in [-0.4, -0.2) is 27.9 Å². The van der Waals surface area contributed by atoms with Gasteiger partial charge in [-0.1, -0.05) is 25.8 Å². The molecule has 0 saturated carbocycles. The third-order valence-electron chi connectivity index (χ3n) is 2.51. The van der Waals surface area contributed by atoms with E-state index in [4.69, 9.17) is 10.8 Å². The van der Waals surface area contributed by atoms with Gasteiger partial charge in [-0.05, 0) is 19.8 Å². The van der Waals surface area contributed by atoms with Gasteiger partial charge in [0.25, 0.3) is 0 Å². The number of carboxylic acid groups (broad SMARTS) is 1. The average Bonchev–Trinajstić information content (AvgIpc) is 2.22. The minimum absolute atomic E-state index is 0.00997. The Labute approximate surface area is 102 Å². The Morgan fingerprint density at radius 1 is 1.47 bits per heavy atom. The van der Waals surface area contributed by atoms with E-state index >= 15 is 0 Å². The van der Waals surface area contributed by atoms with Crippen LogP contribution in [0, 0.1) is 0 Å². The minimum atomic E-state index is -3.60. The van der Waals surface area contributed by atoms with Crippen LogP contribution in [0.4, 0.5) is 0 Å². The monoisotopic (exact) mass is 263 g/mol. The molecule has 0 spiro atoms. The molecule has 2 unspecified atom stereocenters. The predicted molar refractivity (Wildman–Crippen MR) is 68.2 cm³/mol. The van der Waals surface area contributed by atoms with Crippen molar-refractivity contribution in [3.05, 3.63) is 11.6 Å². The van der Waals surface area contributed by atoms with Gasteiger partial charge in [-0.2, -0.15) is 0 Å². The quantitative estimate of drug-likeness (QED) is 0.354. The van der Waals surface area contributed by atoms with E-state index in [0.717, 1.165) is 19.3 Å². The lowest BCUT2D eigenvalue weighted by atomic mass is 10.1. The lowest BCUT2D eigenvalue weighted by Gasteiger charge is -2.15. The zero-order valence-corrected chi connectivity index (χ0v) is 11.3. The highest BCUT2D eigenvalue weighted by molar-refractivity contribution is 7.58. The van der Waals surface area contributed by atoms with Crippen molar-refractivity contribution in [2.24, 2.45) is 5.73 Å². The van der Waals surface area contributed by atoms with Gasteiger partial charge in [0.15, 0.2) is 0 Å². The third kappa shape index (κ3) is 6.61. The van der Waals surface area contributed by atoms with Crippen molar-refractivity contribution in [1.29, 1.82) is 0 Å². The van der Waals surface area contributed by atoms with E-state index in [0.29, 0.717) is 6.42 Å². The zero-order chi connectivity index (χ0) is 13.5. The largest absolute Gasteiger partial charge is 0.478 e. The second-order valence-corrected chi connectivity index (χ2v) is 6.83. The number of rotatable bonds is 8. The van der Waals surface area contributed by atoms with Crippen LogP contribution in [0.1, 0.15) is 39.5 Å². The zero-order valence-electron chi connectivity index (χ0n) is 10.4. The summed E-state index contributed by atoms with van der Waals surface area (Å²) < 4.78 is 11.6. The van der Waals surface area contributed by atoms with E-state index in [-0.39, 0.29) is 11.7 Å². The number of nitrogens with two attached hydrogens (primary N) is 1. The normalized spacial score (nSPS) is 17.5. The van der Waals surface area contributed by atoms with Crippen molar-refractivity contribution >= 4 is 13.3 Å². The van der Waals surface area contributed by atoms with E-state index in [9.17, 15) is 14.3 Å². The molecule has 0 heterocycles. The van der Waals surface area contributed by atoms with Gasteiger partial charge in [0.2, 0.25) is 7.37 Å². The smallest absolute Gasteiger partial charge is 0.331 e. The van der Waals surface area contributed by atoms with Crippen LogP contribution in [0.3, 0.4) is 0 Å². The van der Waals surface area contributed by atoms with Crippen LogP contribution >= 0.6 is 7.37 Å². The Balaban J connectivity index is 4.55. The number of aliphatic carboxylic acids is 1. The highest BCUT2D eigenvalue weighted by Gasteiger charge is 2.27. The summed E-state index contributed by atoms with van der Waals surface area (Å²) in [5, 5.41) is 8.93. The van der Waals surface area contributed by atoms with Crippen LogP contribution < -0.4 is 5.73 Å². The Kier molecular flexibility index (Phi) is 7.35. The maximum Gasteiger partial charge on any atom is 0.331 e. The first-order valence-corrected chi connectivity index (χ1v) is 7.72. The fraction of sp³-hybridized carbons (Fsp3) is 0.727. The lowest BCUT2D eigenvalue weighted by molar-refractivity contribution is -0.132. The van der Waals surface area contributed by atoms with Crippen LogP contribution in [-0.2, 0) is 9.36 Å². The number of carboxylic acids is 1. The average molecular weight is 263 g/mol. The molecule has 0 fully saturated rings. The standard InChI is InChI=1S/C11H22NO4P/c1-3-4-5-6-7-10(11(13)14)8-17(15,16)9(2)12/h7,9H,3-6,8,12H2,1-2H3,(H,13,14)(H,15,16). The molecule has 2 atom stereocenters. The van der Waals surface area contributed by atoms with Gasteiger partial charge in [0.1, 0.15) is 0 Å². The van der Waals surface area contributed by atoms with Crippen molar-refractivity contribution in [2.45, 2.75) is 45.3 Å². The summed E-state index contributed by atoms with van der Waals surface area (Å²) in [6.07, 6.45) is 4.76. The molecule has 0 rings (SSSR count). The number of allylic oxidation sites excluding steroid dienone is 1. The third-order valence-corrected chi connectivity index (χ3v) is 4.57. The van der Waals surface area contributed by atoms with Gasteiger partial charge >= 0.3 is 5.97 Å². The van der Waals surface area contributed by atoms with Crippen LogP contribution in [0.25, 0.3) is 0 Å². The van der Waals surface area contributed by atoms with Gasteiger partial charge in [-0.25, -0.2) is 4.79 Å². The fourth-order valence-electron chi connectivity index (χ4n) is 1.28. The van der Waals surface area contributed by atoms with Gasteiger partial charge < -0.3 is 15.7 Å². The summed E-state index contributed by atoms with van der Waals surface area (Å²) >= 11 is 0. The molecular formula is C11H22NO4P. The molecule has 0 aromatic carbocycles. The molecular weight excluding hydrogens is 241 g/mol. The number of hydrogen-bond donors (Lipinski definition) is 3. The summed E-state index contributed by atoms with van der Waals surface area (Å²) in [5.41, 5.74) is 5.35. The van der Waals surface area contributed by atoms with E-state index in [1.807, 2.05) is 0 Å². The number of hydrogen-bond acceptors (Lipinski definition) is 3. The molecule has 0 saturated heterocycles. The van der Waals surface area contributed by atoms with Gasteiger partial charge in [-0.3, -0.25) is 4.57 Å². The Bertz CT molecular complexity index is 325. The highest BCUT2D eigenvalue weighted by Crippen LogP contribution is 2.45. The van der Waals surface area contributed by atoms with Crippen molar-refractivity contribution in [3.63, 3.8) is 0 Å². The Morgan fingerprint density at radius 3 is 2.47 bits per heavy atom. The molecule has 0 aliphatic heterocycles. The van der Waals surface area contributed by atoms with E-state index in [1.165, 1.54) is 13.0 Å². The van der Waals surface area contributed by atoms with Crippen molar-refractivity contribution in [3.8, 4) is 0 Å². The summed E-state index contributed by atoms with van der Waals surface area (Å²) in [5.74, 6) is -2.04. The van der Waals surface area contributed by atoms with Gasteiger partial charge in [0, 0.05) is 5.57 Å². The van der Waals surface area contributed by atoms with Crippen molar-refractivity contribution in [2.75, 3.05) is 6.16 Å². The topological polar surface area (TPSA) is 101 Å². The predicted octanol–water partition coefficient (Wildman–Crippen LogP) is 2.15. The number of unbranched alkanes of at least 4 members (excludes halogenated alkanes) is 3. The summed E-state index contributed by atoms with van der Waals surface area (Å²) in [7, 11) is -3.60. The molecule has 0 amide bonds. The van der Waals surface area contributed by atoms with Crippen LogP contribution in [0.2, 0.25) is 0 Å². The maximum absolute atomic E-state index is 11.6. The van der Waals surface area contributed by atoms with Crippen LogP contribution in [0.15, 0.2) is 11.6 Å². The van der Waals surface area contributed by atoms with Crippen molar-refractivity contribution in [1.82, 2.24) is 0 Å². The summed E-state index contributed by atoms with van der Waals surface area (Å²) in [4.78, 5) is 20.5. The molecule has 17 heavy (non-hydrogen) atoms. The minimum Gasteiger partial charge on any atom is -0.478 e. The molecule has 0 bridgehead atoms. The van der Waals surface area contributed by atoms with E-state index < -0.39 is 19.1 Å². The van der Waals surface area contributed by atoms with Crippen molar-refractivity contribution < 1.29 is 19.4 Å². The summed E-state index contributed by atoms with van der Waals surface area (Å²) in [6, 6.07) is 0. The molecule has 0 aromatic rings. The molecule has 6 heteroatoms. The first kappa shape index (κ1) is 16.4. The first-order valence-electron chi connectivity index (χ1n) is 5.80. The molecule has 0 radical (unpaired) electrons. The second kappa shape index (κ2) is 7.64. The Morgan fingerprint density at radius 2 is 2.06 bits per heavy atom. The first-order chi connectivity index (χ1) is 7.81. The number of carbonyl (C=O) groups is 1. The van der Waals surface area contributed by atoms with Gasteiger partial charge in [-0.15, -0.1) is 0 Å². The molecule has 0 aliphatic carbocycles.